The number of carbonyl (C=O) groups excluding carboxylic acids is 1. The molecule has 1 heterocycles. The van der Waals surface area contributed by atoms with E-state index in [1.54, 1.807) is 17.0 Å². The molecule has 21 heavy (non-hydrogen) atoms. The molecule has 4 heteroatoms. The zero-order chi connectivity index (χ0) is 14.8. The van der Waals surface area contributed by atoms with Crippen LogP contribution in [0, 0.1) is 5.82 Å². The van der Waals surface area contributed by atoms with Gasteiger partial charge in [0.2, 0.25) is 0 Å². The van der Waals surface area contributed by atoms with Crippen LogP contribution in [0.15, 0.2) is 42.5 Å². The summed E-state index contributed by atoms with van der Waals surface area (Å²) in [5.74, 6) is -0.550. The van der Waals surface area contributed by atoms with E-state index in [0.29, 0.717) is 18.7 Å². The van der Waals surface area contributed by atoms with E-state index in [0.717, 1.165) is 17.7 Å². The molecule has 0 spiro atoms. The third-order valence-corrected chi connectivity index (χ3v) is 3.73. The van der Waals surface area contributed by atoms with E-state index in [9.17, 15) is 9.18 Å². The standard InChI is InChI=1S/C17H17FN2O/c1-2-19-16-13(7-5-8-14(16)18)17(21)20-11-10-12-6-3-4-9-15(12)20/h3-9,19H,2,10-11H2,1H3. The molecule has 2 aromatic carbocycles. The van der Waals surface area contributed by atoms with Gasteiger partial charge in [-0.25, -0.2) is 4.39 Å². The third-order valence-electron chi connectivity index (χ3n) is 3.73. The summed E-state index contributed by atoms with van der Waals surface area (Å²) in [6.45, 7) is 3.09. The Morgan fingerprint density at radius 1 is 1.24 bits per heavy atom. The van der Waals surface area contributed by atoms with Gasteiger partial charge in [0.15, 0.2) is 0 Å². The first-order valence-corrected chi connectivity index (χ1v) is 7.14. The summed E-state index contributed by atoms with van der Waals surface area (Å²) in [5, 5.41) is 2.95. The molecule has 0 unspecified atom stereocenters. The van der Waals surface area contributed by atoms with Crippen LogP contribution in [0.1, 0.15) is 22.8 Å². The van der Waals surface area contributed by atoms with Gasteiger partial charge in [-0.15, -0.1) is 0 Å². The second-order valence-electron chi connectivity index (χ2n) is 5.03. The molecule has 108 valence electrons. The number of amides is 1. The summed E-state index contributed by atoms with van der Waals surface area (Å²) < 4.78 is 13.9. The molecule has 3 nitrogen and oxygen atoms in total. The molecule has 2 aromatic rings. The normalized spacial score (nSPS) is 13.1. The second kappa shape index (κ2) is 5.56. The number of anilines is 2. The van der Waals surface area contributed by atoms with E-state index in [2.05, 4.69) is 5.32 Å². The minimum Gasteiger partial charge on any atom is -0.382 e. The molecule has 1 aliphatic heterocycles. The van der Waals surface area contributed by atoms with Crippen molar-refractivity contribution in [1.82, 2.24) is 0 Å². The summed E-state index contributed by atoms with van der Waals surface area (Å²) >= 11 is 0. The van der Waals surface area contributed by atoms with Crippen molar-refractivity contribution in [3.8, 4) is 0 Å². The van der Waals surface area contributed by atoms with Crippen molar-refractivity contribution < 1.29 is 9.18 Å². The molecule has 0 bridgehead atoms. The fourth-order valence-electron chi connectivity index (χ4n) is 2.75. The Hall–Kier alpha value is -2.36. The fourth-order valence-corrected chi connectivity index (χ4v) is 2.75. The Bertz CT molecular complexity index is 684. The number of nitrogens with one attached hydrogen (secondary N) is 1. The molecule has 0 fully saturated rings. The summed E-state index contributed by atoms with van der Waals surface area (Å²) in [5.41, 5.74) is 2.75. The first-order valence-electron chi connectivity index (χ1n) is 7.14. The SMILES string of the molecule is CCNc1c(F)cccc1C(=O)N1CCc2ccccc21. The van der Waals surface area contributed by atoms with Crippen LogP contribution in [0.25, 0.3) is 0 Å². The van der Waals surface area contributed by atoms with Gasteiger partial charge >= 0.3 is 0 Å². The monoisotopic (exact) mass is 284 g/mol. The van der Waals surface area contributed by atoms with Crippen LogP contribution < -0.4 is 10.2 Å². The maximum Gasteiger partial charge on any atom is 0.260 e. The van der Waals surface area contributed by atoms with Crippen LogP contribution in [0.4, 0.5) is 15.8 Å². The highest BCUT2D eigenvalue weighted by molar-refractivity contribution is 6.10. The molecule has 3 rings (SSSR count). The average molecular weight is 284 g/mol. The first-order chi connectivity index (χ1) is 10.2. The molecule has 0 aromatic heterocycles. The number of fused-ring (bicyclic) bond motifs is 1. The Morgan fingerprint density at radius 3 is 2.86 bits per heavy atom. The van der Waals surface area contributed by atoms with E-state index < -0.39 is 5.82 Å². The highest BCUT2D eigenvalue weighted by atomic mass is 19.1. The third kappa shape index (κ3) is 2.37. The average Bonchev–Trinajstić information content (AvgIpc) is 2.93. The number of nitrogens with zero attached hydrogens (tertiary/aromatic N) is 1. The van der Waals surface area contributed by atoms with Gasteiger partial charge in [0.1, 0.15) is 5.82 Å². The van der Waals surface area contributed by atoms with Crippen LogP contribution in [0.2, 0.25) is 0 Å². The number of halogens is 1. The van der Waals surface area contributed by atoms with Crippen LogP contribution in [0.3, 0.4) is 0 Å². The van der Waals surface area contributed by atoms with E-state index >= 15 is 0 Å². The Labute approximate surface area is 123 Å². The minimum atomic E-state index is -0.393. The molecule has 1 amide bonds. The maximum absolute atomic E-state index is 13.9. The molecular weight excluding hydrogens is 267 g/mol. The molecule has 0 radical (unpaired) electrons. The number of carbonyl (C=O) groups is 1. The number of para-hydroxylation sites is 2. The lowest BCUT2D eigenvalue weighted by Crippen LogP contribution is -2.29. The number of hydrogen-bond acceptors (Lipinski definition) is 2. The van der Waals surface area contributed by atoms with E-state index in [1.165, 1.54) is 6.07 Å². The van der Waals surface area contributed by atoms with Crippen molar-refractivity contribution in [2.45, 2.75) is 13.3 Å². The van der Waals surface area contributed by atoms with Gasteiger partial charge in [-0.2, -0.15) is 0 Å². The quantitative estimate of drug-likeness (QED) is 0.936. The Morgan fingerprint density at radius 2 is 2.05 bits per heavy atom. The van der Waals surface area contributed by atoms with Gasteiger partial charge in [-0.3, -0.25) is 4.79 Å². The summed E-state index contributed by atoms with van der Waals surface area (Å²) in [4.78, 5) is 14.5. The Kier molecular flexibility index (Phi) is 3.60. The van der Waals surface area contributed by atoms with E-state index in [4.69, 9.17) is 0 Å². The van der Waals surface area contributed by atoms with Gasteiger partial charge in [0.05, 0.1) is 11.3 Å². The molecule has 1 N–H and O–H groups in total. The zero-order valence-corrected chi connectivity index (χ0v) is 11.9. The molecule has 1 aliphatic rings. The predicted molar refractivity (Wildman–Crippen MR) is 82.4 cm³/mol. The van der Waals surface area contributed by atoms with Crippen molar-refractivity contribution in [2.75, 3.05) is 23.3 Å². The van der Waals surface area contributed by atoms with Crippen LogP contribution in [0.5, 0.6) is 0 Å². The van der Waals surface area contributed by atoms with Crippen LogP contribution in [-0.2, 0) is 6.42 Å². The number of benzene rings is 2. The Balaban J connectivity index is 1.99. The highest BCUT2D eigenvalue weighted by Crippen LogP contribution is 2.31. The largest absolute Gasteiger partial charge is 0.382 e. The van der Waals surface area contributed by atoms with Crippen LogP contribution >= 0.6 is 0 Å². The van der Waals surface area contributed by atoms with E-state index in [1.807, 2.05) is 31.2 Å². The lowest BCUT2D eigenvalue weighted by atomic mass is 10.1. The lowest BCUT2D eigenvalue weighted by Gasteiger charge is -2.19. The second-order valence-corrected chi connectivity index (χ2v) is 5.03. The van der Waals surface area contributed by atoms with Gasteiger partial charge in [0.25, 0.3) is 5.91 Å². The van der Waals surface area contributed by atoms with Crippen LogP contribution in [-0.4, -0.2) is 19.0 Å². The predicted octanol–water partition coefficient (Wildman–Crippen LogP) is 3.46. The highest BCUT2D eigenvalue weighted by Gasteiger charge is 2.27. The zero-order valence-electron chi connectivity index (χ0n) is 11.9. The lowest BCUT2D eigenvalue weighted by molar-refractivity contribution is 0.0990. The van der Waals surface area contributed by atoms with E-state index in [-0.39, 0.29) is 11.6 Å². The molecule has 0 saturated carbocycles. The number of rotatable bonds is 3. The summed E-state index contributed by atoms with van der Waals surface area (Å²) in [6, 6.07) is 12.5. The van der Waals surface area contributed by atoms with Gasteiger partial charge in [0, 0.05) is 18.8 Å². The summed E-state index contributed by atoms with van der Waals surface area (Å²) in [7, 11) is 0. The fraction of sp³-hybridized carbons (Fsp3) is 0.235. The van der Waals surface area contributed by atoms with Gasteiger partial charge in [-0.05, 0) is 37.1 Å². The minimum absolute atomic E-state index is 0.157. The van der Waals surface area contributed by atoms with Crippen molar-refractivity contribution in [1.29, 1.82) is 0 Å². The smallest absolute Gasteiger partial charge is 0.260 e. The molecule has 0 saturated heterocycles. The van der Waals surface area contributed by atoms with Crippen molar-refractivity contribution >= 4 is 17.3 Å². The molecular formula is C17H17FN2O. The first kappa shape index (κ1) is 13.6. The topological polar surface area (TPSA) is 32.3 Å². The molecule has 0 atom stereocenters. The molecule has 0 aliphatic carbocycles. The van der Waals surface area contributed by atoms with Crippen molar-refractivity contribution in [2.24, 2.45) is 0 Å². The van der Waals surface area contributed by atoms with Gasteiger partial charge in [-0.1, -0.05) is 24.3 Å². The van der Waals surface area contributed by atoms with Gasteiger partial charge < -0.3 is 10.2 Å². The van der Waals surface area contributed by atoms with Crippen molar-refractivity contribution in [3.63, 3.8) is 0 Å². The number of hydrogen-bond donors (Lipinski definition) is 1. The summed E-state index contributed by atoms with van der Waals surface area (Å²) in [6.07, 6.45) is 0.841. The van der Waals surface area contributed by atoms with Crippen molar-refractivity contribution in [3.05, 3.63) is 59.4 Å². The maximum atomic E-state index is 13.9.